The highest BCUT2D eigenvalue weighted by atomic mass is 32.2. The highest BCUT2D eigenvalue weighted by Gasteiger charge is 2.30. The number of anilines is 1. The molecule has 0 spiro atoms. The molecule has 2 rings (SSSR count). The Labute approximate surface area is 189 Å². The number of amides is 2. The third-order valence-corrected chi connectivity index (χ3v) is 5.94. The lowest BCUT2D eigenvalue weighted by molar-refractivity contribution is -0.139. The van der Waals surface area contributed by atoms with Crippen molar-refractivity contribution in [3.05, 3.63) is 23.8 Å². The van der Waals surface area contributed by atoms with E-state index in [2.05, 4.69) is 4.72 Å². The highest BCUT2D eigenvalue weighted by molar-refractivity contribution is 7.92. The van der Waals surface area contributed by atoms with Gasteiger partial charge in [0.15, 0.2) is 0 Å². The minimum atomic E-state index is -3.51. The van der Waals surface area contributed by atoms with E-state index in [9.17, 15) is 18.0 Å². The molecule has 11 heteroatoms. The fourth-order valence-corrected chi connectivity index (χ4v) is 4.16. The second-order valence-electron chi connectivity index (χ2n) is 8.16. The maximum atomic E-state index is 13.1. The third-order valence-electron chi connectivity index (χ3n) is 5.34. The second-order valence-corrected chi connectivity index (χ2v) is 9.91. The van der Waals surface area contributed by atoms with Crippen LogP contribution in [0.25, 0.3) is 0 Å². The lowest BCUT2D eigenvalue weighted by Gasteiger charge is -2.36. The first-order valence-electron chi connectivity index (χ1n) is 10.3. The van der Waals surface area contributed by atoms with E-state index in [0.717, 1.165) is 6.26 Å². The molecule has 3 atom stereocenters. The Bertz CT molecular complexity index is 922. The van der Waals surface area contributed by atoms with Gasteiger partial charge in [0.1, 0.15) is 19.0 Å². The van der Waals surface area contributed by atoms with Gasteiger partial charge in [-0.1, -0.05) is 6.92 Å². The van der Waals surface area contributed by atoms with Crippen LogP contribution in [0.5, 0.6) is 5.75 Å². The fraction of sp³-hybridized carbons (Fsp3) is 0.619. The highest BCUT2D eigenvalue weighted by Crippen LogP contribution is 2.27. The molecule has 1 N–H and O–H groups in total. The number of ether oxygens (including phenoxy) is 3. The summed E-state index contributed by atoms with van der Waals surface area (Å²) < 4.78 is 42.3. The molecule has 0 radical (unpaired) electrons. The van der Waals surface area contributed by atoms with Crippen LogP contribution in [0.15, 0.2) is 18.2 Å². The zero-order valence-electron chi connectivity index (χ0n) is 19.5. The van der Waals surface area contributed by atoms with Crippen molar-refractivity contribution >= 4 is 27.5 Å². The van der Waals surface area contributed by atoms with Gasteiger partial charge in [0.2, 0.25) is 15.9 Å². The summed E-state index contributed by atoms with van der Waals surface area (Å²) in [4.78, 5) is 29.0. The van der Waals surface area contributed by atoms with Crippen molar-refractivity contribution in [2.24, 2.45) is 5.92 Å². The van der Waals surface area contributed by atoms with E-state index in [0.29, 0.717) is 13.1 Å². The molecule has 32 heavy (non-hydrogen) atoms. The molecule has 0 saturated heterocycles. The molecular weight excluding hydrogens is 438 g/mol. The Morgan fingerprint density at radius 3 is 2.53 bits per heavy atom. The first kappa shape index (κ1) is 25.9. The summed E-state index contributed by atoms with van der Waals surface area (Å²) in [6, 6.07) is 4.18. The normalized spacial score (nSPS) is 22.9. The maximum absolute atomic E-state index is 13.1. The van der Waals surface area contributed by atoms with Crippen LogP contribution < -0.4 is 9.46 Å². The van der Waals surface area contributed by atoms with Gasteiger partial charge in [-0.15, -0.1) is 0 Å². The van der Waals surface area contributed by atoms with Gasteiger partial charge in [-0.05, 0) is 19.1 Å². The molecule has 1 aliphatic rings. The van der Waals surface area contributed by atoms with Gasteiger partial charge < -0.3 is 24.0 Å². The van der Waals surface area contributed by atoms with E-state index >= 15 is 0 Å². The molecule has 1 heterocycles. The van der Waals surface area contributed by atoms with Crippen molar-refractivity contribution in [3.63, 3.8) is 0 Å². The van der Waals surface area contributed by atoms with Gasteiger partial charge in [-0.2, -0.15) is 0 Å². The zero-order valence-corrected chi connectivity index (χ0v) is 20.3. The Hall–Kier alpha value is -2.37. The van der Waals surface area contributed by atoms with Gasteiger partial charge in [0, 0.05) is 46.3 Å². The van der Waals surface area contributed by atoms with Crippen LogP contribution in [0.4, 0.5) is 5.69 Å². The van der Waals surface area contributed by atoms with E-state index in [1.54, 1.807) is 19.1 Å². The van der Waals surface area contributed by atoms with Crippen LogP contribution in [0.2, 0.25) is 0 Å². The molecule has 1 aliphatic heterocycles. The molecule has 0 fully saturated rings. The lowest BCUT2D eigenvalue weighted by Crippen LogP contribution is -2.49. The summed E-state index contributed by atoms with van der Waals surface area (Å²) in [7, 11) is 1.20. The Morgan fingerprint density at radius 2 is 1.94 bits per heavy atom. The Kier molecular flexibility index (Phi) is 8.88. The maximum Gasteiger partial charge on any atom is 0.257 e. The summed E-state index contributed by atoms with van der Waals surface area (Å²) in [6.07, 6.45) is 0.740. The summed E-state index contributed by atoms with van der Waals surface area (Å²) in [6.45, 7) is 4.56. The topological polar surface area (TPSA) is 114 Å². The molecule has 1 aromatic carbocycles. The van der Waals surface area contributed by atoms with Crippen LogP contribution in [-0.2, 0) is 24.3 Å². The number of benzene rings is 1. The predicted molar refractivity (Wildman–Crippen MR) is 120 cm³/mol. The van der Waals surface area contributed by atoms with Gasteiger partial charge in [0.25, 0.3) is 5.91 Å². The van der Waals surface area contributed by atoms with E-state index in [1.807, 2.05) is 13.8 Å². The lowest BCUT2D eigenvalue weighted by atomic mass is 10.0. The van der Waals surface area contributed by atoms with Crippen LogP contribution >= 0.6 is 0 Å². The molecule has 0 unspecified atom stereocenters. The van der Waals surface area contributed by atoms with Gasteiger partial charge in [-0.3, -0.25) is 14.3 Å². The van der Waals surface area contributed by atoms with Crippen molar-refractivity contribution in [2.45, 2.75) is 26.0 Å². The number of likely N-dealkylation sites (N-methyl/N-ethyl adjacent to an activating group) is 1. The molecular formula is C21H33N3O7S. The Balaban J connectivity index is 2.47. The van der Waals surface area contributed by atoms with Crippen molar-refractivity contribution in [1.29, 1.82) is 0 Å². The predicted octanol–water partition coefficient (Wildman–Crippen LogP) is 1.04. The standard InChI is InChI=1S/C21H33N3O7S/c1-14-10-24(20(25)13-29-4)15(2)12-31-18-9-16(22-32(6,27)28)7-8-17(18)21(26)23(3)11-19(14)30-5/h7-9,14-15,19,22H,10-13H2,1-6H3/t14-,15+,19-/m0/s1. The van der Waals surface area contributed by atoms with Gasteiger partial charge >= 0.3 is 0 Å². The molecule has 2 amide bonds. The molecule has 0 aliphatic carbocycles. The van der Waals surface area contributed by atoms with Crippen molar-refractivity contribution in [1.82, 2.24) is 9.80 Å². The minimum absolute atomic E-state index is 0.0567. The average Bonchev–Trinajstić information content (AvgIpc) is 2.71. The van der Waals surface area contributed by atoms with E-state index < -0.39 is 10.0 Å². The summed E-state index contributed by atoms with van der Waals surface area (Å²) in [5.41, 5.74) is 0.564. The molecule has 180 valence electrons. The number of carbonyl (C=O) groups is 2. The molecule has 0 aromatic heterocycles. The molecule has 1 aromatic rings. The van der Waals surface area contributed by atoms with Crippen LogP contribution in [-0.4, -0.2) is 96.0 Å². The summed E-state index contributed by atoms with van der Waals surface area (Å²) >= 11 is 0. The zero-order chi connectivity index (χ0) is 24.1. The Morgan fingerprint density at radius 1 is 1.25 bits per heavy atom. The molecule has 0 saturated carbocycles. The number of carbonyl (C=O) groups excluding carboxylic acids is 2. The van der Waals surface area contributed by atoms with Gasteiger partial charge in [-0.25, -0.2) is 8.42 Å². The summed E-state index contributed by atoms with van der Waals surface area (Å²) in [5, 5.41) is 0. The number of hydrogen-bond donors (Lipinski definition) is 1. The first-order chi connectivity index (χ1) is 15.0. The number of hydrogen-bond acceptors (Lipinski definition) is 7. The van der Waals surface area contributed by atoms with Crippen molar-refractivity contribution in [3.8, 4) is 5.75 Å². The van der Waals surface area contributed by atoms with E-state index in [-0.39, 0.29) is 60.1 Å². The monoisotopic (exact) mass is 471 g/mol. The van der Waals surface area contributed by atoms with Crippen LogP contribution in [0, 0.1) is 5.92 Å². The van der Waals surface area contributed by atoms with E-state index in [4.69, 9.17) is 14.2 Å². The number of fused-ring (bicyclic) bond motifs is 1. The first-order valence-corrected chi connectivity index (χ1v) is 12.2. The number of nitrogens with one attached hydrogen (secondary N) is 1. The number of sulfonamides is 1. The number of nitrogens with zero attached hydrogens (tertiary/aromatic N) is 2. The minimum Gasteiger partial charge on any atom is -0.491 e. The van der Waals surface area contributed by atoms with Crippen LogP contribution in [0.1, 0.15) is 24.2 Å². The van der Waals surface area contributed by atoms with Crippen molar-refractivity contribution < 1.29 is 32.2 Å². The third kappa shape index (κ3) is 6.81. The molecule has 0 bridgehead atoms. The van der Waals surface area contributed by atoms with E-state index in [1.165, 1.54) is 30.2 Å². The molecule has 10 nitrogen and oxygen atoms in total. The average molecular weight is 472 g/mol. The van der Waals surface area contributed by atoms with Gasteiger partial charge in [0.05, 0.1) is 29.7 Å². The fourth-order valence-electron chi connectivity index (χ4n) is 3.60. The van der Waals surface area contributed by atoms with Crippen molar-refractivity contribution in [2.75, 3.05) is 58.5 Å². The summed E-state index contributed by atoms with van der Waals surface area (Å²) in [5.74, 6) is -0.289. The largest absolute Gasteiger partial charge is 0.491 e. The SMILES string of the molecule is COCC(=O)N1C[C@H](C)[C@@H](OC)CN(C)C(=O)c2ccc(NS(C)(=O)=O)cc2OC[C@H]1C. The quantitative estimate of drug-likeness (QED) is 0.682. The number of rotatable bonds is 5. The second kappa shape index (κ2) is 11.0. The van der Waals surface area contributed by atoms with Crippen LogP contribution in [0.3, 0.4) is 0 Å². The number of methoxy groups -OCH3 is 2. The smallest absolute Gasteiger partial charge is 0.257 e.